The molecule has 1 saturated heterocycles. The molecule has 1 N–H and O–H groups in total. The predicted molar refractivity (Wildman–Crippen MR) is 93.7 cm³/mol. The van der Waals surface area contributed by atoms with Gasteiger partial charge in [-0.25, -0.2) is 8.78 Å². The van der Waals surface area contributed by atoms with Gasteiger partial charge < -0.3 is 14.7 Å². The number of amides is 1. The molecular weight excluding hydrogens is 356 g/mol. The summed E-state index contributed by atoms with van der Waals surface area (Å²) in [6.07, 6.45) is 0. The topological polar surface area (TPSA) is 66.8 Å². The Balaban J connectivity index is 2.14. The highest BCUT2D eigenvalue weighted by molar-refractivity contribution is 6.46. The largest absolute Gasteiger partial charge is 0.507 e. The summed E-state index contributed by atoms with van der Waals surface area (Å²) in [6, 6.07) is 9.34. The molecule has 1 aliphatic heterocycles. The number of nitrogens with zero attached hydrogens (tertiary/aromatic N) is 1. The first-order valence-corrected chi connectivity index (χ1v) is 8.22. The molecule has 3 rings (SSSR count). The molecule has 27 heavy (non-hydrogen) atoms. The number of likely N-dealkylation sites (tertiary alicyclic amines) is 1. The van der Waals surface area contributed by atoms with Crippen molar-refractivity contribution < 1.29 is 28.2 Å². The summed E-state index contributed by atoms with van der Waals surface area (Å²) in [5.74, 6) is -3.02. The Hall–Kier alpha value is -3.06. The third-order valence-electron chi connectivity index (χ3n) is 4.38. The molecule has 0 bridgehead atoms. The lowest BCUT2D eigenvalue weighted by Crippen LogP contribution is -2.32. The molecule has 1 aliphatic rings. The number of hydrogen-bond donors (Lipinski definition) is 1. The van der Waals surface area contributed by atoms with Crippen LogP contribution in [0.4, 0.5) is 8.78 Å². The Morgan fingerprint density at radius 3 is 2.15 bits per heavy atom. The average Bonchev–Trinajstić information content (AvgIpc) is 2.91. The number of ether oxygens (including phenoxy) is 1. The maximum Gasteiger partial charge on any atom is 0.295 e. The summed E-state index contributed by atoms with van der Waals surface area (Å²) in [5.41, 5.74) is 0.540. The van der Waals surface area contributed by atoms with Gasteiger partial charge in [0.2, 0.25) is 0 Å². The SMILES string of the molecule is COCCN1C(=O)C(=O)/C(=C(\O)c2ccc(F)cc2)C1c1ccc(F)cc1. The van der Waals surface area contributed by atoms with Crippen LogP contribution >= 0.6 is 0 Å². The Kier molecular flexibility index (Phi) is 5.32. The molecule has 0 radical (unpaired) electrons. The van der Waals surface area contributed by atoms with Crippen LogP contribution in [0.15, 0.2) is 54.1 Å². The molecule has 7 heteroatoms. The van der Waals surface area contributed by atoms with Crippen molar-refractivity contribution in [2.75, 3.05) is 20.3 Å². The second-order valence-corrected chi connectivity index (χ2v) is 6.04. The van der Waals surface area contributed by atoms with E-state index < -0.39 is 35.1 Å². The van der Waals surface area contributed by atoms with Crippen LogP contribution in [0.25, 0.3) is 5.76 Å². The summed E-state index contributed by atoms with van der Waals surface area (Å²) < 4.78 is 31.5. The highest BCUT2D eigenvalue weighted by Crippen LogP contribution is 2.39. The lowest BCUT2D eigenvalue weighted by atomic mass is 9.95. The van der Waals surface area contributed by atoms with E-state index in [9.17, 15) is 23.5 Å². The Bertz CT molecular complexity index is 891. The number of aliphatic hydroxyl groups is 1. The molecule has 0 aromatic heterocycles. The monoisotopic (exact) mass is 373 g/mol. The zero-order chi connectivity index (χ0) is 19.6. The number of hydrogen-bond acceptors (Lipinski definition) is 4. The van der Waals surface area contributed by atoms with E-state index in [4.69, 9.17) is 4.74 Å². The van der Waals surface area contributed by atoms with Crippen molar-refractivity contribution in [3.05, 3.63) is 76.9 Å². The fourth-order valence-electron chi connectivity index (χ4n) is 3.06. The lowest BCUT2D eigenvalue weighted by molar-refractivity contribution is -0.140. The number of benzene rings is 2. The fraction of sp³-hybridized carbons (Fsp3) is 0.200. The summed E-state index contributed by atoms with van der Waals surface area (Å²) in [7, 11) is 1.46. The molecule has 1 fully saturated rings. The van der Waals surface area contributed by atoms with Gasteiger partial charge in [-0.2, -0.15) is 0 Å². The van der Waals surface area contributed by atoms with Crippen LogP contribution in [0.5, 0.6) is 0 Å². The number of carbonyl (C=O) groups is 2. The zero-order valence-electron chi connectivity index (χ0n) is 14.5. The number of rotatable bonds is 5. The summed E-state index contributed by atoms with van der Waals surface area (Å²) in [5, 5.41) is 10.7. The molecule has 1 amide bonds. The highest BCUT2D eigenvalue weighted by atomic mass is 19.1. The van der Waals surface area contributed by atoms with E-state index in [1.807, 2.05) is 0 Å². The molecule has 1 heterocycles. The van der Waals surface area contributed by atoms with E-state index in [1.165, 1.54) is 48.4 Å². The standard InChI is InChI=1S/C20H17F2NO4/c1-27-11-10-23-17(12-2-6-14(21)7-3-12)16(19(25)20(23)26)18(24)13-4-8-15(22)9-5-13/h2-9,17,24H,10-11H2,1H3/b18-16-. The maximum absolute atomic E-state index is 13.3. The second kappa shape index (κ2) is 7.67. The van der Waals surface area contributed by atoms with E-state index >= 15 is 0 Å². The number of methoxy groups -OCH3 is 1. The molecule has 5 nitrogen and oxygen atoms in total. The van der Waals surface area contributed by atoms with Gasteiger partial charge in [-0.15, -0.1) is 0 Å². The smallest absolute Gasteiger partial charge is 0.295 e. The van der Waals surface area contributed by atoms with Gasteiger partial charge in [0.1, 0.15) is 17.4 Å². The minimum Gasteiger partial charge on any atom is -0.507 e. The molecule has 140 valence electrons. The van der Waals surface area contributed by atoms with Gasteiger partial charge in [0.15, 0.2) is 0 Å². The molecule has 1 atom stereocenters. The zero-order valence-corrected chi connectivity index (χ0v) is 14.5. The molecule has 0 aliphatic carbocycles. The van der Waals surface area contributed by atoms with E-state index in [0.29, 0.717) is 5.56 Å². The molecule has 0 saturated carbocycles. The van der Waals surface area contributed by atoms with Crippen molar-refractivity contribution in [2.45, 2.75) is 6.04 Å². The molecular formula is C20H17F2NO4. The van der Waals surface area contributed by atoms with Crippen LogP contribution in [0.3, 0.4) is 0 Å². The van der Waals surface area contributed by atoms with Crippen molar-refractivity contribution in [1.82, 2.24) is 4.90 Å². The van der Waals surface area contributed by atoms with Gasteiger partial charge in [0, 0.05) is 19.2 Å². The first-order valence-electron chi connectivity index (χ1n) is 8.22. The summed E-state index contributed by atoms with van der Waals surface area (Å²) in [6.45, 7) is 0.296. The highest BCUT2D eigenvalue weighted by Gasteiger charge is 2.45. The van der Waals surface area contributed by atoms with Gasteiger partial charge in [0.05, 0.1) is 18.2 Å². The number of Topliss-reactive ketones (excluding diaryl/α,β-unsaturated/α-hetero) is 1. The van der Waals surface area contributed by atoms with E-state index in [0.717, 1.165) is 12.1 Å². The van der Waals surface area contributed by atoms with Crippen LogP contribution < -0.4 is 0 Å². The van der Waals surface area contributed by atoms with Gasteiger partial charge >= 0.3 is 0 Å². The number of halogens is 2. The first-order chi connectivity index (χ1) is 12.9. The van der Waals surface area contributed by atoms with Crippen molar-refractivity contribution in [2.24, 2.45) is 0 Å². The second-order valence-electron chi connectivity index (χ2n) is 6.04. The van der Waals surface area contributed by atoms with Crippen molar-refractivity contribution >= 4 is 17.4 Å². The normalized spacial score (nSPS) is 18.9. The Labute approximate surface area is 154 Å². The minimum absolute atomic E-state index is 0.114. The average molecular weight is 373 g/mol. The van der Waals surface area contributed by atoms with Gasteiger partial charge in [-0.05, 0) is 42.0 Å². The van der Waals surface area contributed by atoms with Crippen molar-refractivity contribution in [3.8, 4) is 0 Å². The van der Waals surface area contributed by atoms with Crippen LogP contribution in [0.2, 0.25) is 0 Å². The Morgan fingerprint density at radius 2 is 1.59 bits per heavy atom. The van der Waals surface area contributed by atoms with E-state index in [-0.39, 0.29) is 24.3 Å². The molecule has 1 unspecified atom stereocenters. The van der Waals surface area contributed by atoms with Gasteiger partial charge in [-0.3, -0.25) is 9.59 Å². The summed E-state index contributed by atoms with van der Waals surface area (Å²) in [4.78, 5) is 26.4. The molecule has 0 spiro atoms. The first kappa shape index (κ1) is 18.7. The Morgan fingerprint density at radius 1 is 1.04 bits per heavy atom. The third-order valence-corrected chi connectivity index (χ3v) is 4.38. The third kappa shape index (κ3) is 3.59. The minimum atomic E-state index is -0.897. The number of aliphatic hydroxyl groups excluding tert-OH is 1. The molecule has 2 aromatic rings. The van der Waals surface area contributed by atoms with Crippen molar-refractivity contribution in [3.63, 3.8) is 0 Å². The van der Waals surface area contributed by atoms with E-state index in [2.05, 4.69) is 0 Å². The van der Waals surface area contributed by atoms with Crippen LogP contribution in [0, 0.1) is 11.6 Å². The lowest BCUT2D eigenvalue weighted by Gasteiger charge is -2.25. The van der Waals surface area contributed by atoms with Crippen LogP contribution in [0.1, 0.15) is 17.2 Å². The summed E-state index contributed by atoms with van der Waals surface area (Å²) >= 11 is 0. The quantitative estimate of drug-likeness (QED) is 0.497. The number of carbonyl (C=O) groups excluding carboxylic acids is 2. The van der Waals surface area contributed by atoms with Crippen LogP contribution in [-0.2, 0) is 14.3 Å². The number of ketones is 1. The predicted octanol–water partition coefficient (Wildman–Crippen LogP) is 3.03. The van der Waals surface area contributed by atoms with E-state index in [1.54, 1.807) is 0 Å². The maximum atomic E-state index is 13.3. The van der Waals surface area contributed by atoms with Gasteiger partial charge in [0.25, 0.3) is 11.7 Å². The van der Waals surface area contributed by atoms with Gasteiger partial charge in [-0.1, -0.05) is 12.1 Å². The van der Waals surface area contributed by atoms with Crippen LogP contribution in [-0.4, -0.2) is 42.0 Å². The van der Waals surface area contributed by atoms with Crippen molar-refractivity contribution in [1.29, 1.82) is 0 Å². The molecule has 2 aromatic carbocycles. The fourth-order valence-corrected chi connectivity index (χ4v) is 3.06.